The highest BCUT2D eigenvalue weighted by Crippen LogP contribution is 2.34. The molecule has 0 saturated heterocycles. The Morgan fingerprint density at radius 3 is 2.91 bits per heavy atom. The van der Waals surface area contributed by atoms with E-state index >= 15 is 0 Å². The van der Waals surface area contributed by atoms with Crippen LogP contribution in [0.5, 0.6) is 17.2 Å². The van der Waals surface area contributed by atoms with Gasteiger partial charge in [-0.25, -0.2) is 0 Å². The zero-order chi connectivity index (χ0) is 16.2. The molecule has 0 unspecified atom stereocenters. The van der Waals surface area contributed by atoms with E-state index < -0.39 is 0 Å². The molecule has 2 aromatic carbocycles. The molecule has 0 bridgehead atoms. The predicted molar refractivity (Wildman–Crippen MR) is 86.1 cm³/mol. The molecule has 1 atom stereocenters. The van der Waals surface area contributed by atoms with Gasteiger partial charge in [-0.1, -0.05) is 23.7 Å². The molecule has 2 aromatic rings. The van der Waals surface area contributed by atoms with E-state index in [0.717, 1.165) is 11.3 Å². The number of nitrogens with one attached hydrogen (secondary N) is 1. The number of benzene rings is 2. The summed E-state index contributed by atoms with van der Waals surface area (Å²) in [4.78, 5) is 12.0. The smallest absolute Gasteiger partial charge is 0.258 e. The number of hydrogen-bond donors (Lipinski definition) is 1. The molecule has 1 amide bonds. The quantitative estimate of drug-likeness (QED) is 0.912. The first kappa shape index (κ1) is 15.5. The number of fused-ring (bicyclic) bond motifs is 1. The van der Waals surface area contributed by atoms with Gasteiger partial charge in [-0.3, -0.25) is 4.79 Å². The van der Waals surface area contributed by atoms with Crippen molar-refractivity contribution in [3.8, 4) is 17.2 Å². The molecule has 0 saturated carbocycles. The summed E-state index contributed by atoms with van der Waals surface area (Å²) in [5.74, 6) is 1.76. The minimum Gasteiger partial charge on any atom is -0.484 e. The lowest BCUT2D eigenvalue weighted by molar-refractivity contribution is -0.123. The number of rotatable bonds is 5. The van der Waals surface area contributed by atoms with Crippen molar-refractivity contribution in [2.45, 2.75) is 13.0 Å². The van der Waals surface area contributed by atoms with Crippen molar-refractivity contribution < 1.29 is 19.0 Å². The van der Waals surface area contributed by atoms with Gasteiger partial charge in [-0.05, 0) is 42.8 Å². The summed E-state index contributed by atoms with van der Waals surface area (Å²) in [6.07, 6.45) is 0. The highest BCUT2D eigenvalue weighted by atomic mass is 35.5. The van der Waals surface area contributed by atoms with Gasteiger partial charge in [-0.15, -0.1) is 0 Å². The van der Waals surface area contributed by atoms with Crippen LogP contribution in [-0.4, -0.2) is 19.3 Å². The SMILES string of the molecule is C[C@@H](NC(=O)COc1cccc(Cl)c1)c1ccc2c(c1)OCO2. The first-order chi connectivity index (χ1) is 11.1. The van der Waals surface area contributed by atoms with Crippen LogP contribution in [0.3, 0.4) is 0 Å². The molecule has 0 aromatic heterocycles. The normalized spacial score (nSPS) is 13.5. The van der Waals surface area contributed by atoms with Crippen LogP contribution in [0.4, 0.5) is 0 Å². The first-order valence-electron chi connectivity index (χ1n) is 7.19. The fraction of sp³-hybridized carbons (Fsp3) is 0.235. The molecule has 1 aliphatic heterocycles. The van der Waals surface area contributed by atoms with Crippen molar-refractivity contribution in [3.05, 3.63) is 53.1 Å². The average molecular weight is 334 g/mol. The average Bonchev–Trinajstić information content (AvgIpc) is 3.00. The minimum absolute atomic E-state index is 0.0742. The zero-order valence-electron chi connectivity index (χ0n) is 12.5. The molecule has 5 nitrogen and oxygen atoms in total. The number of amides is 1. The highest BCUT2D eigenvalue weighted by Gasteiger charge is 2.17. The van der Waals surface area contributed by atoms with Crippen LogP contribution in [-0.2, 0) is 4.79 Å². The van der Waals surface area contributed by atoms with Crippen molar-refractivity contribution in [1.82, 2.24) is 5.32 Å². The van der Waals surface area contributed by atoms with Gasteiger partial charge >= 0.3 is 0 Å². The minimum atomic E-state index is -0.213. The van der Waals surface area contributed by atoms with Crippen molar-refractivity contribution in [2.24, 2.45) is 0 Å². The summed E-state index contributed by atoms with van der Waals surface area (Å²) in [6, 6.07) is 12.4. The molecular weight excluding hydrogens is 318 g/mol. The van der Waals surface area contributed by atoms with Gasteiger partial charge in [0, 0.05) is 5.02 Å². The van der Waals surface area contributed by atoms with Crippen LogP contribution in [0.15, 0.2) is 42.5 Å². The summed E-state index contributed by atoms with van der Waals surface area (Å²) in [5, 5.41) is 3.45. The second-order valence-corrected chi connectivity index (χ2v) is 5.58. The Labute approximate surface area is 139 Å². The number of halogens is 1. The van der Waals surface area contributed by atoms with E-state index in [1.165, 1.54) is 0 Å². The highest BCUT2D eigenvalue weighted by molar-refractivity contribution is 6.30. The molecule has 1 aliphatic rings. The third-order valence-electron chi connectivity index (χ3n) is 3.44. The van der Waals surface area contributed by atoms with E-state index in [-0.39, 0.29) is 25.3 Å². The van der Waals surface area contributed by atoms with Crippen LogP contribution in [0.2, 0.25) is 5.02 Å². The summed E-state index contributed by atoms with van der Waals surface area (Å²) in [7, 11) is 0. The second kappa shape index (κ2) is 6.79. The maximum Gasteiger partial charge on any atom is 0.258 e. The van der Waals surface area contributed by atoms with Crippen LogP contribution in [0.25, 0.3) is 0 Å². The van der Waals surface area contributed by atoms with Crippen molar-refractivity contribution in [2.75, 3.05) is 13.4 Å². The molecule has 120 valence electrons. The van der Waals surface area contributed by atoms with E-state index in [2.05, 4.69) is 5.32 Å². The Bertz CT molecular complexity index is 719. The maximum absolute atomic E-state index is 12.0. The number of carbonyl (C=O) groups excluding carboxylic acids is 1. The molecule has 0 radical (unpaired) electrons. The van der Waals surface area contributed by atoms with Gasteiger partial charge < -0.3 is 19.5 Å². The van der Waals surface area contributed by atoms with E-state index in [0.29, 0.717) is 16.5 Å². The second-order valence-electron chi connectivity index (χ2n) is 5.15. The van der Waals surface area contributed by atoms with Crippen LogP contribution in [0.1, 0.15) is 18.5 Å². The lowest BCUT2D eigenvalue weighted by Gasteiger charge is -2.15. The van der Waals surface area contributed by atoms with Crippen LogP contribution in [0, 0.1) is 0 Å². The van der Waals surface area contributed by atoms with Crippen LogP contribution >= 0.6 is 11.6 Å². The third-order valence-corrected chi connectivity index (χ3v) is 3.68. The lowest BCUT2D eigenvalue weighted by atomic mass is 10.1. The molecule has 23 heavy (non-hydrogen) atoms. The van der Waals surface area contributed by atoms with Gasteiger partial charge in [0.2, 0.25) is 6.79 Å². The Hall–Kier alpha value is -2.40. The van der Waals surface area contributed by atoms with Crippen LogP contribution < -0.4 is 19.5 Å². The van der Waals surface area contributed by atoms with E-state index in [9.17, 15) is 4.79 Å². The van der Waals surface area contributed by atoms with Crippen molar-refractivity contribution >= 4 is 17.5 Å². The van der Waals surface area contributed by atoms with E-state index in [4.69, 9.17) is 25.8 Å². The Balaban J connectivity index is 1.55. The first-order valence-corrected chi connectivity index (χ1v) is 7.57. The molecule has 1 N–H and O–H groups in total. The van der Waals surface area contributed by atoms with E-state index in [1.54, 1.807) is 24.3 Å². The van der Waals surface area contributed by atoms with Crippen molar-refractivity contribution in [1.29, 1.82) is 0 Å². The molecule has 1 heterocycles. The number of carbonyl (C=O) groups is 1. The Morgan fingerprint density at radius 2 is 2.09 bits per heavy atom. The summed E-state index contributed by atoms with van der Waals surface area (Å²) in [5.41, 5.74) is 0.936. The van der Waals surface area contributed by atoms with Gasteiger partial charge in [0.25, 0.3) is 5.91 Å². The van der Waals surface area contributed by atoms with Gasteiger partial charge in [-0.2, -0.15) is 0 Å². The molecule has 3 rings (SSSR count). The zero-order valence-corrected chi connectivity index (χ0v) is 13.3. The topological polar surface area (TPSA) is 56.8 Å². The van der Waals surface area contributed by atoms with Crippen molar-refractivity contribution in [3.63, 3.8) is 0 Å². The Morgan fingerprint density at radius 1 is 1.26 bits per heavy atom. The maximum atomic E-state index is 12.0. The fourth-order valence-electron chi connectivity index (χ4n) is 2.25. The summed E-state index contributed by atoms with van der Waals surface area (Å²) >= 11 is 5.87. The largest absolute Gasteiger partial charge is 0.484 e. The Kier molecular flexibility index (Phi) is 4.57. The lowest BCUT2D eigenvalue weighted by Crippen LogP contribution is -2.31. The fourth-order valence-corrected chi connectivity index (χ4v) is 2.43. The molecule has 0 fully saturated rings. The summed E-state index contributed by atoms with van der Waals surface area (Å²) in [6.45, 7) is 2.05. The molecule has 6 heteroatoms. The number of ether oxygens (including phenoxy) is 3. The third kappa shape index (κ3) is 3.87. The molecule has 0 spiro atoms. The number of hydrogen-bond acceptors (Lipinski definition) is 4. The van der Waals surface area contributed by atoms with Gasteiger partial charge in [0.1, 0.15) is 5.75 Å². The standard InChI is InChI=1S/C17H16ClNO4/c1-11(12-5-6-15-16(7-12)23-10-22-15)19-17(20)9-21-14-4-2-3-13(18)8-14/h2-8,11H,9-10H2,1H3,(H,19,20)/t11-/m1/s1. The molecular formula is C17H16ClNO4. The monoisotopic (exact) mass is 333 g/mol. The van der Waals surface area contributed by atoms with Gasteiger partial charge in [0.05, 0.1) is 6.04 Å². The molecule has 0 aliphatic carbocycles. The predicted octanol–water partition coefficient (Wildman–Crippen LogP) is 3.32. The summed E-state index contributed by atoms with van der Waals surface area (Å²) < 4.78 is 16.0. The van der Waals surface area contributed by atoms with E-state index in [1.807, 2.05) is 25.1 Å². The van der Waals surface area contributed by atoms with Gasteiger partial charge in [0.15, 0.2) is 18.1 Å².